The molecule has 0 saturated heterocycles. The first-order chi connectivity index (χ1) is 9.54. The Morgan fingerprint density at radius 2 is 2.00 bits per heavy atom. The van der Waals surface area contributed by atoms with Gasteiger partial charge in [0.2, 0.25) is 0 Å². The van der Waals surface area contributed by atoms with Crippen molar-refractivity contribution in [2.24, 2.45) is 0 Å². The molecule has 1 saturated carbocycles. The minimum atomic E-state index is -1.08. The van der Waals surface area contributed by atoms with Crippen LogP contribution in [0.25, 0.3) is 0 Å². The van der Waals surface area contributed by atoms with Crippen LogP contribution in [0.1, 0.15) is 54.4 Å². The number of carbonyl (C=O) groups excluding carboxylic acids is 2. The molecular formula is C15H16ClFO3. The summed E-state index contributed by atoms with van der Waals surface area (Å²) >= 11 is 5.98. The molecule has 0 aliphatic heterocycles. The van der Waals surface area contributed by atoms with E-state index in [1.165, 1.54) is 6.07 Å². The van der Waals surface area contributed by atoms with E-state index in [0.29, 0.717) is 0 Å². The Morgan fingerprint density at radius 1 is 1.35 bits per heavy atom. The summed E-state index contributed by atoms with van der Waals surface area (Å²) in [5.41, 5.74) is 0.400. The molecule has 1 aliphatic carbocycles. The van der Waals surface area contributed by atoms with Crippen LogP contribution >= 0.6 is 11.6 Å². The lowest BCUT2D eigenvalue weighted by Gasteiger charge is -2.12. The second kappa shape index (κ2) is 6.35. The predicted molar refractivity (Wildman–Crippen MR) is 73.6 cm³/mol. The van der Waals surface area contributed by atoms with Crippen molar-refractivity contribution in [1.82, 2.24) is 0 Å². The lowest BCUT2D eigenvalue weighted by Crippen LogP contribution is -2.19. The average molecular weight is 299 g/mol. The van der Waals surface area contributed by atoms with Crippen molar-refractivity contribution >= 4 is 23.4 Å². The van der Waals surface area contributed by atoms with E-state index < -0.39 is 23.1 Å². The molecular weight excluding hydrogens is 283 g/mol. The normalized spacial score (nSPS) is 15.3. The summed E-state index contributed by atoms with van der Waals surface area (Å²) in [5.74, 6) is -2.58. The van der Waals surface area contributed by atoms with Gasteiger partial charge in [-0.2, -0.15) is 0 Å². The summed E-state index contributed by atoms with van der Waals surface area (Å²) in [7, 11) is 0. The van der Waals surface area contributed by atoms with Gasteiger partial charge in [0.05, 0.1) is 17.2 Å². The first kappa shape index (κ1) is 15.0. The number of benzene rings is 1. The predicted octanol–water partition coefficient (Wildman–Crippen LogP) is 3.88. The van der Waals surface area contributed by atoms with Gasteiger partial charge >= 0.3 is 5.97 Å². The van der Waals surface area contributed by atoms with Gasteiger partial charge in [-0.3, -0.25) is 4.79 Å². The molecule has 20 heavy (non-hydrogen) atoms. The second-order valence-corrected chi connectivity index (χ2v) is 5.30. The molecule has 1 fully saturated rings. The van der Waals surface area contributed by atoms with E-state index in [1.807, 2.05) is 0 Å². The number of hydrogen-bond acceptors (Lipinski definition) is 3. The van der Waals surface area contributed by atoms with E-state index in [1.54, 1.807) is 13.0 Å². The van der Waals surface area contributed by atoms with Crippen molar-refractivity contribution in [2.75, 3.05) is 6.61 Å². The van der Waals surface area contributed by atoms with Crippen molar-refractivity contribution in [3.63, 3.8) is 0 Å². The van der Waals surface area contributed by atoms with Gasteiger partial charge in [0, 0.05) is 0 Å². The van der Waals surface area contributed by atoms with Gasteiger partial charge in [0.1, 0.15) is 5.82 Å². The molecule has 2 rings (SSSR count). The zero-order chi connectivity index (χ0) is 14.7. The molecule has 0 unspecified atom stereocenters. The van der Waals surface area contributed by atoms with Crippen LogP contribution in [0.4, 0.5) is 4.39 Å². The molecule has 108 valence electrons. The maximum Gasteiger partial charge on any atom is 0.379 e. The highest BCUT2D eigenvalue weighted by Gasteiger charge is 2.27. The Labute approximate surface area is 122 Å². The van der Waals surface area contributed by atoms with Crippen LogP contribution in [0, 0.1) is 5.82 Å². The first-order valence-corrected chi connectivity index (χ1v) is 7.12. The Kier molecular flexibility index (Phi) is 4.76. The first-order valence-electron chi connectivity index (χ1n) is 6.75. The third kappa shape index (κ3) is 3.01. The highest BCUT2D eigenvalue weighted by molar-refractivity contribution is 6.45. The van der Waals surface area contributed by atoms with Crippen LogP contribution in [0.15, 0.2) is 12.1 Å². The Morgan fingerprint density at radius 3 is 2.55 bits per heavy atom. The van der Waals surface area contributed by atoms with E-state index in [9.17, 15) is 14.0 Å². The Hall–Kier alpha value is -1.42. The van der Waals surface area contributed by atoms with Crippen molar-refractivity contribution in [3.05, 3.63) is 34.1 Å². The van der Waals surface area contributed by atoms with Gasteiger partial charge in [0.15, 0.2) is 0 Å². The van der Waals surface area contributed by atoms with Crippen molar-refractivity contribution in [1.29, 1.82) is 0 Å². The molecule has 5 heteroatoms. The maximum absolute atomic E-state index is 14.1. The highest BCUT2D eigenvalue weighted by Crippen LogP contribution is 2.36. The average Bonchev–Trinajstić information content (AvgIpc) is 2.91. The van der Waals surface area contributed by atoms with Crippen LogP contribution in [0.5, 0.6) is 0 Å². The maximum atomic E-state index is 14.1. The van der Waals surface area contributed by atoms with E-state index in [0.717, 1.165) is 31.2 Å². The van der Waals surface area contributed by atoms with Crippen molar-refractivity contribution < 1.29 is 18.7 Å². The fourth-order valence-electron chi connectivity index (χ4n) is 2.60. The highest BCUT2D eigenvalue weighted by atomic mass is 35.5. The number of carbonyl (C=O) groups is 2. The minimum Gasteiger partial charge on any atom is -0.460 e. The van der Waals surface area contributed by atoms with Gasteiger partial charge < -0.3 is 4.74 Å². The third-order valence-electron chi connectivity index (χ3n) is 3.58. The molecule has 0 radical (unpaired) electrons. The molecule has 0 heterocycles. The van der Waals surface area contributed by atoms with E-state index in [4.69, 9.17) is 11.6 Å². The van der Waals surface area contributed by atoms with E-state index in [2.05, 4.69) is 4.74 Å². The SMILES string of the molecule is CCOC(=O)C(=O)c1c(F)cc(C2CCCC2)cc1Cl. The summed E-state index contributed by atoms with van der Waals surface area (Å²) in [6.07, 6.45) is 4.24. The topological polar surface area (TPSA) is 43.4 Å². The van der Waals surface area contributed by atoms with Gasteiger partial charge in [-0.05, 0) is 43.4 Å². The summed E-state index contributed by atoms with van der Waals surface area (Å²) < 4.78 is 18.7. The van der Waals surface area contributed by atoms with Crippen molar-refractivity contribution in [3.8, 4) is 0 Å². The van der Waals surface area contributed by atoms with Crippen LogP contribution in [-0.2, 0) is 9.53 Å². The number of hydrogen-bond donors (Lipinski definition) is 0. The zero-order valence-electron chi connectivity index (χ0n) is 11.2. The minimum absolute atomic E-state index is 0.0232. The summed E-state index contributed by atoms with van der Waals surface area (Å²) in [6, 6.07) is 2.90. The van der Waals surface area contributed by atoms with E-state index in [-0.39, 0.29) is 17.5 Å². The molecule has 1 aliphatic rings. The summed E-state index contributed by atoms with van der Waals surface area (Å²) in [6.45, 7) is 1.64. The molecule has 0 amide bonds. The Bertz CT molecular complexity index is 513. The fraction of sp³-hybridized carbons (Fsp3) is 0.467. The van der Waals surface area contributed by atoms with Gasteiger partial charge in [0.25, 0.3) is 5.78 Å². The number of ketones is 1. The number of rotatable bonds is 4. The van der Waals surface area contributed by atoms with Crippen LogP contribution in [0.3, 0.4) is 0 Å². The number of ether oxygens (including phenoxy) is 1. The van der Waals surface area contributed by atoms with Crippen LogP contribution < -0.4 is 0 Å². The number of Topliss-reactive ketones (excluding diaryl/α,β-unsaturated/α-hetero) is 1. The number of esters is 1. The third-order valence-corrected chi connectivity index (χ3v) is 3.88. The molecule has 0 bridgehead atoms. The molecule has 0 spiro atoms. The van der Waals surface area contributed by atoms with Gasteiger partial charge in [-0.15, -0.1) is 0 Å². The van der Waals surface area contributed by atoms with E-state index >= 15 is 0 Å². The molecule has 1 aromatic carbocycles. The molecule has 1 aromatic rings. The second-order valence-electron chi connectivity index (χ2n) is 4.89. The smallest absolute Gasteiger partial charge is 0.379 e. The monoisotopic (exact) mass is 298 g/mol. The quantitative estimate of drug-likeness (QED) is 0.481. The van der Waals surface area contributed by atoms with Gasteiger partial charge in [-0.25, -0.2) is 9.18 Å². The standard InChI is InChI=1S/C15H16ClFO3/c1-2-20-15(19)14(18)13-11(16)7-10(8-12(13)17)9-5-3-4-6-9/h7-9H,2-6H2,1H3. The summed E-state index contributed by atoms with van der Waals surface area (Å²) in [4.78, 5) is 23.2. The summed E-state index contributed by atoms with van der Waals surface area (Å²) in [5, 5.41) is -0.0232. The largest absolute Gasteiger partial charge is 0.460 e. The molecule has 0 aromatic heterocycles. The van der Waals surface area contributed by atoms with Crippen LogP contribution in [0.2, 0.25) is 5.02 Å². The van der Waals surface area contributed by atoms with Crippen LogP contribution in [-0.4, -0.2) is 18.4 Å². The van der Waals surface area contributed by atoms with Gasteiger partial charge in [-0.1, -0.05) is 24.4 Å². The molecule has 3 nitrogen and oxygen atoms in total. The lowest BCUT2D eigenvalue weighted by atomic mass is 9.95. The molecule has 0 atom stereocenters. The lowest BCUT2D eigenvalue weighted by molar-refractivity contribution is -0.137. The molecule has 0 N–H and O–H groups in total. The van der Waals surface area contributed by atoms with Crippen molar-refractivity contribution in [2.45, 2.75) is 38.5 Å². The Balaban J connectivity index is 2.31. The number of halogens is 2. The zero-order valence-corrected chi connectivity index (χ0v) is 12.0. The fourth-order valence-corrected chi connectivity index (χ4v) is 2.91.